The van der Waals surface area contributed by atoms with Crippen LogP contribution in [0.4, 0.5) is 5.82 Å². The Morgan fingerprint density at radius 1 is 1.03 bits per heavy atom. The van der Waals surface area contributed by atoms with Gasteiger partial charge in [-0.15, -0.1) is 0 Å². The van der Waals surface area contributed by atoms with Crippen molar-refractivity contribution in [1.29, 1.82) is 0 Å². The van der Waals surface area contributed by atoms with Crippen LogP contribution in [-0.2, 0) is 11.3 Å². The molecule has 0 amide bonds. The number of nitrogens with zero attached hydrogens (tertiary/aromatic N) is 3. The summed E-state index contributed by atoms with van der Waals surface area (Å²) in [4.78, 5) is 17.4. The normalized spacial score (nSPS) is 11.0. The van der Waals surface area contributed by atoms with E-state index < -0.39 is 5.97 Å². The van der Waals surface area contributed by atoms with Crippen LogP contribution < -0.4 is 9.64 Å². The average Bonchev–Trinajstić information content (AvgIpc) is 3.27. The highest BCUT2D eigenvalue weighted by Crippen LogP contribution is 2.26. The van der Waals surface area contributed by atoms with E-state index in [4.69, 9.17) is 9.84 Å². The second-order valence-electron chi connectivity index (χ2n) is 7.94. The van der Waals surface area contributed by atoms with Crippen molar-refractivity contribution in [2.45, 2.75) is 6.54 Å². The van der Waals surface area contributed by atoms with Crippen LogP contribution >= 0.6 is 0 Å². The summed E-state index contributed by atoms with van der Waals surface area (Å²) in [5, 5.41) is 9.04. The van der Waals surface area contributed by atoms with Crippen molar-refractivity contribution in [2.75, 3.05) is 25.1 Å². The molecule has 0 saturated carbocycles. The zero-order valence-electron chi connectivity index (χ0n) is 19.0. The van der Waals surface area contributed by atoms with E-state index in [0.717, 1.165) is 40.4 Å². The van der Waals surface area contributed by atoms with E-state index in [9.17, 15) is 4.79 Å². The van der Waals surface area contributed by atoms with E-state index in [1.165, 1.54) is 6.08 Å². The van der Waals surface area contributed by atoms with Gasteiger partial charge in [-0.2, -0.15) is 0 Å². The molecule has 4 aromatic rings. The molecular weight excluding hydrogens is 426 g/mol. The maximum atomic E-state index is 11.0. The monoisotopic (exact) mass is 453 g/mol. The Bertz CT molecular complexity index is 1230. The van der Waals surface area contributed by atoms with Crippen LogP contribution in [0.3, 0.4) is 0 Å². The predicted octanol–water partition coefficient (Wildman–Crippen LogP) is 5.21. The van der Waals surface area contributed by atoms with E-state index in [1.807, 2.05) is 86.0 Å². The smallest absolute Gasteiger partial charge is 0.328 e. The van der Waals surface area contributed by atoms with Gasteiger partial charge in [-0.3, -0.25) is 0 Å². The first kappa shape index (κ1) is 22.9. The molecule has 0 saturated heterocycles. The number of hydrogen-bond donors (Lipinski definition) is 1. The molecule has 0 bridgehead atoms. The van der Waals surface area contributed by atoms with Crippen molar-refractivity contribution in [3.05, 3.63) is 109 Å². The van der Waals surface area contributed by atoms with Crippen molar-refractivity contribution in [1.82, 2.24) is 9.55 Å². The number of hydrogen-bond acceptors (Lipinski definition) is 4. The Morgan fingerprint density at radius 3 is 2.50 bits per heavy atom. The number of anilines is 1. The lowest BCUT2D eigenvalue weighted by Crippen LogP contribution is -2.24. The summed E-state index contributed by atoms with van der Waals surface area (Å²) < 4.78 is 7.97. The molecule has 0 radical (unpaired) electrons. The second-order valence-corrected chi connectivity index (χ2v) is 7.94. The van der Waals surface area contributed by atoms with Gasteiger partial charge in [0.25, 0.3) is 0 Å². The summed E-state index contributed by atoms with van der Waals surface area (Å²) in [6.07, 6.45) is 8.61. The maximum Gasteiger partial charge on any atom is 0.328 e. The third-order valence-electron chi connectivity index (χ3n) is 5.43. The fourth-order valence-electron chi connectivity index (χ4n) is 3.67. The molecule has 0 aliphatic rings. The first-order valence-electron chi connectivity index (χ1n) is 11.1. The highest BCUT2D eigenvalue weighted by Gasteiger charge is 2.08. The van der Waals surface area contributed by atoms with E-state index in [-0.39, 0.29) is 0 Å². The summed E-state index contributed by atoms with van der Waals surface area (Å²) in [6.45, 7) is 1.96. The van der Waals surface area contributed by atoms with Crippen LogP contribution in [0.25, 0.3) is 17.2 Å². The number of aromatic nitrogens is 2. The summed E-state index contributed by atoms with van der Waals surface area (Å²) in [7, 11) is 2.00. The molecule has 2 aromatic carbocycles. The first-order valence-corrected chi connectivity index (χ1v) is 11.1. The van der Waals surface area contributed by atoms with Gasteiger partial charge in [0.1, 0.15) is 18.2 Å². The molecule has 6 heteroatoms. The minimum Gasteiger partial charge on any atom is -0.492 e. The first-order chi connectivity index (χ1) is 16.6. The lowest BCUT2D eigenvalue weighted by molar-refractivity contribution is -0.131. The lowest BCUT2D eigenvalue weighted by Gasteiger charge is -2.18. The molecule has 34 heavy (non-hydrogen) atoms. The largest absolute Gasteiger partial charge is 0.492 e. The van der Waals surface area contributed by atoms with Crippen LogP contribution in [0.1, 0.15) is 11.1 Å². The second kappa shape index (κ2) is 11.0. The van der Waals surface area contributed by atoms with Gasteiger partial charge < -0.3 is 19.3 Å². The minimum absolute atomic E-state index is 0.559. The van der Waals surface area contributed by atoms with E-state index in [1.54, 1.807) is 12.3 Å². The van der Waals surface area contributed by atoms with Gasteiger partial charge >= 0.3 is 5.97 Å². The topological polar surface area (TPSA) is 67.6 Å². The fourth-order valence-corrected chi connectivity index (χ4v) is 3.67. The molecule has 1 N–H and O–H groups in total. The third-order valence-corrected chi connectivity index (χ3v) is 5.43. The predicted molar refractivity (Wildman–Crippen MR) is 135 cm³/mol. The van der Waals surface area contributed by atoms with Gasteiger partial charge in [0, 0.05) is 49.4 Å². The summed E-state index contributed by atoms with van der Waals surface area (Å²) in [5.41, 5.74) is 4.03. The molecule has 0 spiro atoms. The highest BCUT2D eigenvalue weighted by atomic mass is 16.5. The number of aliphatic carboxylic acids is 1. The maximum absolute atomic E-state index is 11.0. The standard InChI is InChI=1S/C28H27N3O3/c1-30(27-9-5-6-16-29-27)17-18-34-25-13-10-22(11-14-25)19-31-20-24(12-15-28(32)33)26(21-31)23-7-3-2-4-8-23/h2-16,20-21H,17-19H2,1H3,(H,32,33)/b15-12+. The van der Waals surface area contributed by atoms with Crippen molar-refractivity contribution in [2.24, 2.45) is 0 Å². The van der Waals surface area contributed by atoms with Gasteiger partial charge in [0.15, 0.2) is 0 Å². The average molecular weight is 454 g/mol. The van der Waals surface area contributed by atoms with E-state index in [2.05, 4.69) is 20.6 Å². The highest BCUT2D eigenvalue weighted by molar-refractivity contribution is 5.87. The molecular formula is C28H27N3O3. The summed E-state index contributed by atoms with van der Waals surface area (Å²) in [5.74, 6) is 0.773. The lowest BCUT2D eigenvalue weighted by atomic mass is 10.0. The van der Waals surface area contributed by atoms with Crippen LogP contribution in [-0.4, -0.2) is 40.8 Å². The van der Waals surface area contributed by atoms with Crippen molar-refractivity contribution in [3.8, 4) is 16.9 Å². The minimum atomic E-state index is -0.964. The number of carbonyl (C=O) groups is 1. The number of benzene rings is 2. The summed E-state index contributed by atoms with van der Waals surface area (Å²) in [6, 6.07) is 23.9. The molecule has 0 atom stereocenters. The number of ether oxygens (including phenoxy) is 1. The number of likely N-dealkylation sites (N-methyl/N-ethyl adjacent to an activating group) is 1. The SMILES string of the molecule is CN(CCOc1ccc(Cn2cc(/C=C/C(=O)O)c(-c3ccccc3)c2)cc1)c1ccccn1. The Morgan fingerprint density at radius 2 is 1.79 bits per heavy atom. The molecule has 6 nitrogen and oxygen atoms in total. The number of carboxylic acids is 1. The van der Waals surface area contributed by atoms with Crippen LogP contribution in [0.5, 0.6) is 5.75 Å². The quantitative estimate of drug-likeness (QED) is 0.334. The zero-order valence-corrected chi connectivity index (χ0v) is 19.0. The van der Waals surface area contributed by atoms with Crippen LogP contribution in [0, 0.1) is 0 Å². The van der Waals surface area contributed by atoms with Gasteiger partial charge in [0.05, 0.1) is 6.54 Å². The Balaban J connectivity index is 1.39. The molecule has 2 heterocycles. The van der Waals surface area contributed by atoms with Gasteiger partial charge in [-0.25, -0.2) is 9.78 Å². The zero-order chi connectivity index (χ0) is 23.8. The third kappa shape index (κ3) is 6.13. The molecule has 4 rings (SSSR count). The van der Waals surface area contributed by atoms with Gasteiger partial charge in [0.2, 0.25) is 0 Å². The number of pyridine rings is 1. The molecule has 0 aliphatic carbocycles. The summed E-state index contributed by atoms with van der Waals surface area (Å²) >= 11 is 0. The van der Waals surface area contributed by atoms with E-state index >= 15 is 0 Å². The Kier molecular flexibility index (Phi) is 7.40. The molecule has 0 aliphatic heterocycles. The number of carboxylic acid groups (broad SMARTS) is 1. The molecule has 0 unspecified atom stereocenters. The van der Waals surface area contributed by atoms with E-state index in [0.29, 0.717) is 13.2 Å². The van der Waals surface area contributed by atoms with Crippen molar-refractivity contribution >= 4 is 17.9 Å². The molecule has 2 aromatic heterocycles. The van der Waals surface area contributed by atoms with Crippen molar-refractivity contribution < 1.29 is 14.6 Å². The van der Waals surface area contributed by atoms with Gasteiger partial charge in [-0.05, 0) is 41.5 Å². The molecule has 172 valence electrons. The fraction of sp³-hybridized carbons (Fsp3) is 0.143. The Hall–Kier alpha value is -4.32. The number of rotatable bonds is 10. The van der Waals surface area contributed by atoms with Crippen LogP contribution in [0.15, 0.2) is 97.5 Å². The Labute approximate surface area is 199 Å². The van der Waals surface area contributed by atoms with Gasteiger partial charge in [-0.1, -0.05) is 48.5 Å². The molecule has 0 fully saturated rings. The van der Waals surface area contributed by atoms with Crippen LogP contribution in [0.2, 0.25) is 0 Å². The van der Waals surface area contributed by atoms with Crippen molar-refractivity contribution in [3.63, 3.8) is 0 Å².